The first-order valence-electron chi connectivity index (χ1n) is 7.66. The number of benzene rings is 2. The van der Waals surface area contributed by atoms with Gasteiger partial charge in [0, 0.05) is 13.1 Å². The molecule has 3 aromatic rings. The lowest BCUT2D eigenvalue weighted by molar-refractivity contribution is 0.776. The Hall–Kier alpha value is -2.00. The van der Waals surface area contributed by atoms with E-state index in [1.165, 1.54) is 23.9 Å². The molecule has 1 fully saturated rings. The van der Waals surface area contributed by atoms with Crippen molar-refractivity contribution in [2.45, 2.75) is 19.4 Å². The number of hydrogen-bond acceptors (Lipinski definition) is 2. The summed E-state index contributed by atoms with van der Waals surface area (Å²) in [4.78, 5) is 7.30. The van der Waals surface area contributed by atoms with Gasteiger partial charge in [-0.15, -0.1) is 12.4 Å². The summed E-state index contributed by atoms with van der Waals surface area (Å²) in [6.07, 6.45) is 2.54. The molecule has 0 spiro atoms. The molecule has 1 aromatic heterocycles. The van der Waals surface area contributed by atoms with Crippen molar-refractivity contribution in [3.63, 3.8) is 0 Å². The van der Waals surface area contributed by atoms with Gasteiger partial charge in [-0.1, -0.05) is 42.5 Å². The van der Waals surface area contributed by atoms with Crippen LogP contribution in [0.1, 0.15) is 18.4 Å². The summed E-state index contributed by atoms with van der Waals surface area (Å²) in [5.74, 6) is 1.12. The Labute approximate surface area is 137 Å². The molecule has 1 aliphatic heterocycles. The molecule has 2 heterocycles. The van der Waals surface area contributed by atoms with E-state index in [2.05, 4.69) is 64.1 Å². The normalized spacial score (nSPS) is 14.3. The zero-order valence-corrected chi connectivity index (χ0v) is 13.3. The molecule has 0 radical (unpaired) electrons. The number of hydrogen-bond donors (Lipinski definition) is 0. The van der Waals surface area contributed by atoms with E-state index < -0.39 is 0 Å². The maximum absolute atomic E-state index is 4.88. The van der Waals surface area contributed by atoms with Gasteiger partial charge in [0.05, 0.1) is 17.6 Å². The Morgan fingerprint density at radius 3 is 2.32 bits per heavy atom. The molecule has 0 amide bonds. The monoisotopic (exact) mass is 313 g/mol. The number of fused-ring (bicyclic) bond motifs is 1. The second kappa shape index (κ2) is 6.41. The fourth-order valence-corrected chi connectivity index (χ4v) is 3.14. The number of anilines is 1. The molecule has 1 saturated heterocycles. The van der Waals surface area contributed by atoms with Crippen molar-refractivity contribution in [3.05, 3.63) is 60.2 Å². The highest BCUT2D eigenvalue weighted by Gasteiger charge is 2.20. The third-order valence-corrected chi connectivity index (χ3v) is 4.21. The maximum Gasteiger partial charge on any atom is 0.206 e. The van der Waals surface area contributed by atoms with Gasteiger partial charge in [0.25, 0.3) is 0 Å². The summed E-state index contributed by atoms with van der Waals surface area (Å²) in [6.45, 7) is 3.13. The maximum atomic E-state index is 4.88. The van der Waals surface area contributed by atoms with Crippen LogP contribution in [0.5, 0.6) is 0 Å². The van der Waals surface area contributed by atoms with E-state index in [4.69, 9.17) is 4.98 Å². The predicted molar refractivity (Wildman–Crippen MR) is 94.0 cm³/mol. The van der Waals surface area contributed by atoms with Crippen LogP contribution in [0.3, 0.4) is 0 Å². The van der Waals surface area contributed by atoms with Crippen LogP contribution in [0.15, 0.2) is 54.6 Å². The van der Waals surface area contributed by atoms with Crippen LogP contribution >= 0.6 is 12.4 Å². The lowest BCUT2D eigenvalue weighted by atomic mass is 10.2. The molecule has 0 N–H and O–H groups in total. The Balaban J connectivity index is 0.00000144. The first-order chi connectivity index (χ1) is 10.4. The minimum Gasteiger partial charge on any atom is -0.342 e. The molecule has 1 aliphatic rings. The van der Waals surface area contributed by atoms with E-state index in [1.54, 1.807) is 0 Å². The molecule has 114 valence electrons. The van der Waals surface area contributed by atoms with E-state index >= 15 is 0 Å². The third kappa shape index (κ3) is 2.69. The molecule has 0 saturated carbocycles. The molecule has 0 aliphatic carbocycles. The largest absolute Gasteiger partial charge is 0.342 e. The molecule has 2 aromatic carbocycles. The van der Waals surface area contributed by atoms with Crippen LogP contribution in [-0.4, -0.2) is 22.6 Å². The average molecular weight is 314 g/mol. The zero-order valence-electron chi connectivity index (χ0n) is 12.5. The molecule has 4 rings (SSSR count). The minimum absolute atomic E-state index is 0. The average Bonchev–Trinajstić information content (AvgIpc) is 3.16. The SMILES string of the molecule is Cl.c1ccc(Cn2c(N3CCCC3)nc3ccccc32)cc1. The fraction of sp³-hybridized carbons (Fsp3) is 0.278. The highest BCUT2D eigenvalue weighted by Crippen LogP contribution is 2.26. The quantitative estimate of drug-likeness (QED) is 0.725. The van der Waals surface area contributed by atoms with Crippen LogP contribution in [0, 0.1) is 0 Å². The lowest BCUT2D eigenvalue weighted by Gasteiger charge is -2.18. The van der Waals surface area contributed by atoms with Gasteiger partial charge in [-0.2, -0.15) is 0 Å². The number of rotatable bonds is 3. The van der Waals surface area contributed by atoms with Crippen molar-refractivity contribution in [2.24, 2.45) is 0 Å². The summed E-state index contributed by atoms with van der Waals surface area (Å²) in [6, 6.07) is 19.1. The zero-order chi connectivity index (χ0) is 14.1. The molecular weight excluding hydrogens is 294 g/mol. The number of imidazole rings is 1. The van der Waals surface area contributed by atoms with Crippen molar-refractivity contribution < 1.29 is 0 Å². The van der Waals surface area contributed by atoms with Gasteiger partial charge in [-0.25, -0.2) is 4.98 Å². The molecular formula is C18H20ClN3. The second-order valence-electron chi connectivity index (χ2n) is 5.67. The van der Waals surface area contributed by atoms with Crippen molar-refractivity contribution in [3.8, 4) is 0 Å². The molecule has 4 heteroatoms. The van der Waals surface area contributed by atoms with E-state index in [-0.39, 0.29) is 12.4 Å². The Morgan fingerprint density at radius 2 is 1.55 bits per heavy atom. The summed E-state index contributed by atoms with van der Waals surface area (Å²) in [5, 5.41) is 0. The van der Waals surface area contributed by atoms with E-state index in [1.807, 2.05) is 0 Å². The van der Waals surface area contributed by atoms with Gasteiger partial charge in [-0.05, 0) is 30.5 Å². The van der Waals surface area contributed by atoms with Crippen LogP contribution in [0.2, 0.25) is 0 Å². The van der Waals surface area contributed by atoms with Crippen molar-refractivity contribution in [2.75, 3.05) is 18.0 Å². The molecule has 22 heavy (non-hydrogen) atoms. The predicted octanol–water partition coefficient (Wildman–Crippen LogP) is 4.11. The van der Waals surface area contributed by atoms with Crippen molar-refractivity contribution in [1.29, 1.82) is 0 Å². The number of halogens is 1. The number of nitrogens with zero attached hydrogens (tertiary/aromatic N) is 3. The van der Waals surface area contributed by atoms with Gasteiger partial charge < -0.3 is 9.47 Å². The van der Waals surface area contributed by atoms with Gasteiger partial charge in [-0.3, -0.25) is 0 Å². The van der Waals surface area contributed by atoms with Crippen LogP contribution < -0.4 is 4.90 Å². The van der Waals surface area contributed by atoms with E-state index in [0.717, 1.165) is 31.1 Å². The van der Waals surface area contributed by atoms with Gasteiger partial charge >= 0.3 is 0 Å². The second-order valence-corrected chi connectivity index (χ2v) is 5.67. The standard InChI is InChI=1S/C18H19N3.ClH/c1-2-8-15(9-3-1)14-21-17-11-5-4-10-16(17)19-18(21)20-12-6-7-13-20;/h1-5,8-11H,6-7,12-14H2;1H. The van der Waals surface area contributed by atoms with Gasteiger partial charge in [0.1, 0.15) is 0 Å². The number of para-hydroxylation sites is 2. The highest BCUT2D eigenvalue weighted by molar-refractivity contribution is 5.85. The third-order valence-electron chi connectivity index (χ3n) is 4.21. The summed E-state index contributed by atoms with van der Waals surface area (Å²) < 4.78 is 2.36. The highest BCUT2D eigenvalue weighted by atomic mass is 35.5. The smallest absolute Gasteiger partial charge is 0.206 e. The van der Waals surface area contributed by atoms with Crippen molar-refractivity contribution in [1.82, 2.24) is 9.55 Å². The van der Waals surface area contributed by atoms with Crippen LogP contribution in [-0.2, 0) is 6.54 Å². The van der Waals surface area contributed by atoms with Gasteiger partial charge in [0.15, 0.2) is 0 Å². The van der Waals surface area contributed by atoms with E-state index in [0.29, 0.717) is 0 Å². The lowest BCUT2D eigenvalue weighted by Crippen LogP contribution is -2.22. The molecule has 0 bridgehead atoms. The Kier molecular flexibility index (Phi) is 4.34. The fourth-order valence-electron chi connectivity index (χ4n) is 3.14. The van der Waals surface area contributed by atoms with Crippen LogP contribution in [0.4, 0.5) is 5.95 Å². The number of aromatic nitrogens is 2. The molecule has 0 unspecified atom stereocenters. The van der Waals surface area contributed by atoms with Crippen molar-refractivity contribution >= 4 is 29.4 Å². The topological polar surface area (TPSA) is 21.1 Å². The summed E-state index contributed by atoms with van der Waals surface area (Å²) in [7, 11) is 0. The van der Waals surface area contributed by atoms with E-state index in [9.17, 15) is 0 Å². The molecule has 3 nitrogen and oxygen atoms in total. The van der Waals surface area contributed by atoms with Crippen LogP contribution in [0.25, 0.3) is 11.0 Å². The Morgan fingerprint density at radius 1 is 0.864 bits per heavy atom. The van der Waals surface area contributed by atoms with Gasteiger partial charge in [0.2, 0.25) is 5.95 Å². The summed E-state index contributed by atoms with van der Waals surface area (Å²) in [5.41, 5.74) is 3.64. The molecule has 0 atom stereocenters. The first-order valence-corrected chi connectivity index (χ1v) is 7.66. The Bertz CT molecular complexity index is 745. The summed E-state index contributed by atoms with van der Waals surface area (Å²) >= 11 is 0. The minimum atomic E-state index is 0. The first kappa shape index (κ1) is 14.9.